The van der Waals surface area contributed by atoms with Gasteiger partial charge in [-0.3, -0.25) is 0 Å². The summed E-state index contributed by atoms with van der Waals surface area (Å²) in [6.07, 6.45) is 0.297. The Labute approximate surface area is 126 Å². The molecule has 0 aliphatic carbocycles. The minimum Gasteiger partial charge on any atom is -0.396 e. The Hall–Kier alpha value is -0.700. The lowest BCUT2D eigenvalue weighted by molar-refractivity contribution is 0.256. The Balaban J connectivity index is 3.13. The van der Waals surface area contributed by atoms with E-state index in [9.17, 15) is 12.8 Å². The van der Waals surface area contributed by atoms with E-state index in [-0.39, 0.29) is 27.6 Å². The van der Waals surface area contributed by atoms with Crippen molar-refractivity contribution in [3.05, 3.63) is 22.4 Å². The molecule has 1 atom stereocenters. The van der Waals surface area contributed by atoms with Crippen LogP contribution in [0.3, 0.4) is 0 Å². The van der Waals surface area contributed by atoms with Crippen LogP contribution in [0.5, 0.6) is 0 Å². The van der Waals surface area contributed by atoms with Gasteiger partial charge < -0.3 is 10.8 Å². The molecule has 1 aromatic carbocycles. The zero-order valence-electron chi connectivity index (χ0n) is 11.2. The van der Waals surface area contributed by atoms with Crippen LogP contribution in [0.2, 0.25) is 0 Å². The zero-order valence-corrected chi connectivity index (χ0v) is 13.6. The summed E-state index contributed by atoms with van der Waals surface area (Å²) in [5.41, 5.74) is 5.17. The van der Waals surface area contributed by atoms with Gasteiger partial charge in [-0.05, 0) is 40.4 Å². The minimum absolute atomic E-state index is 0.00787. The number of aliphatic hydroxyl groups excluding tert-OH is 1. The Morgan fingerprint density at radius 2 is 2.05 bits per heavy atom. The first kappa shape index (κ1) is 17.4. The second-order valence-corrected chi connectivity index (χ2v) is 7.32. The van der Waals surface area contributed by atoms with Crippen LogP contribution in [-0.4, -0.2) is 26.2 Å². The van der Waals surface area contributed by atoms with Gasteiger partial charge in [0.05, 0.1) is 10.6 Å². The lowest BCUT2D eigenvalue weighted by atomic mass is 10.0. The molecule has 0 saturated heterocycles. The molecule has 0 aliphatic rings. The number of aliphatic hydroxyl groups is 1. The van der Waals surface area contributed by atoms with Gasteiger partial charge in [0.15, 0.2) is 0 Å². The molecule has 0 aliphatic heterocycles. The first-order chi connectivity index (χ1) is 9.19. The molecule has 114 valence electrons. The van der Waals surface area contributed by atoms with Gasteiger partial charge in [-0.2, -0.15) is 0 Å². The molecule has 0 saturated carbocycles. The van der Waals surface area contributed by atoms with E-state index in [1.165, 1.54) is 0 Å². The van der Waals surface area contributed by atoms with Gasteiger partial charge in [0.2, 0.25) is 10.0 Å². The summed E-state index contributed by atoms with van der Waals surface area (Å²) in [4.78, 5) is -0.125. The van der Waals surface area contributed by atoms with Crippen LogP contribution in [0, 0.1) is 11.7 Å². The van der Waals surface area contributed by atoms with E-state index in [2.05, 4.69) is 20.7 Å². The number of benzene rings is 1. The first-order valence-corrected chi connectivity index (χ1v) is 8.34. The maximum absolute atomic E-state index is 13.3. The third-order valence-corrected chi connectivity index (χ3v) is 5.34. The van der Waals surface area contributed by atoms with Crippen molar-refractivity contribution in [3.63, 3.8) is 0 Å². The smallest absolute Gasteiger partial charge is 0.242 e. The molecule has 0 amide bonds. The number of rotatable bonds is 6. The number of halogens is 2. The Morgan fingerprint density at radius 1 is 1.45 bits per heavy atom. The van der Waals surface area contributed by atoms with E-state index < -0.39 is 21.9 Å². The van der Waals surface area contributed by atoms with Gasteiger partial charge in [0.25, 0.3) is 0 Å². The number of anilines is 1. The maximum Gasteiger partial charge on any atom is 0.242 e. The van der Waals surface area contributed by atoms with E-state index >= 15 is 0 Å². The summed E-state index contributed by atoms with van der Waals surface area (Å²) in [7, 11) is -3.85. The summed E-state index contributed by atoms with van der Waals surface area (Å²) in [5.74, 6) is -0.680. The molecule has 1 unspecified atom stereocenters. The van der Waals surface area contributed by atoms with Gasteiger partial charge in [0, 0.05) is 17.1 Å². The number of nitrogens with two attached hydrogens (primary N) is 1. The van der Waals surface area contributed by atoms with Gasteiger partial charge in [0.1, 0.15) is 5.82 Å². The molecule has 20 heavy (non-hydrogen) atoms. The highest BCUT2D eigenvalue weighted by molar-refractivity contribution is 9.10. The van der Waals surface area contributed by atoms with Crippen LogP contribution in [0.25, 0.3) is 0 Å². The van der Waals surface area contributed by atoms with Crippen LogP contribution in [0.1, 0.15) is 20.3 Å². The fourth-order valence-corrected chi connectivity index (χ4v) is 4.15. The SMILES string of the molecule is CC(C)C(CCO)NS(=O)(=O)c1cc(N)c(F)cc1Br. The largest absolute Gasteiger partial charge is 0.396 e. The normalized spacial score (nSPS) is 13.7. The van der Waals surface area contributed by atoms with Crippen molar-refractivity contribution in [2.75, 3.05) is 12.3 Å². The van der Waals surface area contributed by atoms with Crippen LogP contribution in [0.15, 0.2) is 21.5 Å². The van der Waals surface area contributed by atoms with Crippen LogP contribution in [0.4, 0.5) is 10.1 Å². The average Bonchev–Trinajstić information content (AvgIpc) is 2.32. The van der Waals surface area contributed by atoms with Gasteiger partial charge >= 0.3 is 0 Å². The highest BCUT2D eigenvalue weighted by Gasteiger charge is 2.25. The highest BCUT2D eigenvalue weighted by Crippen LogP contribution is 2.27. The Bertz CT molecular complexity index is 578. The molecule has 0 bridgehead atoms. The number of nitrogen functional groups attached to an aromatic ring is 1. The molecule has 1 aromatic rings. The van der Waals surface area contributed by atoms with Crippen molar-refractivity contribution in [1.29, 1.82) is 0 Å². The molecule has 0 fully saturated rings. The van der Waals surface area contributed by atoms with Crippen LogP contribution >= 0.6 is 15.9 Å². The second kappa shape index (κ2) is 6.84. The molecule has 1 rings (SSSR count). The summed E-state index contributed by atoms with van der Waals surface area (Å²) < 4.78 is 40.5. The molecule has 5 nitrogen and oxygen atoms in total. The predicted molar refractivity (Wildman–Crippen MR) is 79.2 cm³/mol. The van der Waals surface area contributed by atoms with Gasteiger partial charge in [-0.15, -0.1) is 0 Å². The third kappa shape index (κ3) is 4.15. The summed E-state index contributed by atoms with van der Waals surface area (Å²) in [5, 5.41) is 8.97. The van der Waals surface area contributed by atoms with E-state index in [1.54, 1.807) is 0 Å². The molecule has 4 N–H and O–H groups in total. The van der Waals surface area contributed by atoms with Gasteiger partial charge in [-0.25, -0.2) is 17.5 Å². The maximum atomic E-state index is 13.3. The van der Waals surface area contributed by atoms with Crippen molar-refractivity contribution < 1.29 is 17.9 Å². The fraction of sp³-hybridized carbons (Fsp3) is 0.500. The topological polar surface area (TPSA) is 92.4 Å². The molecular weight excluding hydrogens is 351 g/mol. The highest BCUT2D eigenvalue weighted by atomic mass is 79.9. The van der Waals surface area contributed by atoms with Crippen molar-refractivity contribution in [1.82, 2.24) is 4.72 Å². The molecule has 0 spiro atoms. The average molecular weight is 369 g/mol. The third-order valence-electron chi connectivity index (χ3n) is 2.89. The van der Waals surface area contributed by atoms with Crippen LogP contribution in [-0.2, 0) is 10.0 Å². The number of hydrogen-bond acceptors (Lipinski definition) is 4. The number of nitrogens with one attached hydrogen (secondary N) is 1. The predicted octanol–water partition coefficient (Wildman–Crippen LogP) is 1.86. The quantitative estimate of drug-likeness (QED) is 0.668. The van der Waals surface area contributed by atoms with E-state index in [4.69, 9.17) is 10.8 Å². The lowest BCUT2D eigenvalue weighted by Gasteiger charge is -2.22. The molecule has 0 heterocycles. The molecular formula is C12H18BrFN2O3S. The van der Waals surface area contributed by atoms with Crippen molar-refractivity contribution in [3.8, 4) is 0 Å². The van der Waals surface area contributed by atoms with E-state index in [0.717, 1.165) is 12.1 Å². The lowest BCUT2D eigenvalue weighted by Crippen LogP contribution is -2.39. The van der Waals surface area contributed by atoms with Crippen molar-refractivity contribution in [2.45, 2.75) is 31.2 Å². The van der Waals surface area contributed by atoms with Crippen molar-refractivity contribution in [2.24, 2.45) is 5.92 Å². The Kier molecular flexibility index (Phi) is 5.93. The fourth-order valence-electron chi connectivity index (χ4n) is 1.68. The van der Waals surface area contributed by atoms with E-state index in [0.29, 0.717) is 6.42 Å². The first-order valence-electron chi connectivity index (χ1n) is 6.06. The van der Waals surface area contributed by atoms with Crippen molar-refractivity contribution >= 4 is 31.6 Å². The number of hydrogen-bond donors (Lipinski definition) is 3. The zero-order chi connectivity index (χ0) is 15.5. The number of sulfonamides is 1. The molecule has 0 radical (unpaired) electrons. The summed E-state index contributed by atoms with van der Waals surface area (Å²) in [6, 6.07) is 1.67. The van der Waals surface area contributed by atoms with E-state index in [1.807, 2.05) is 13.8 Å². The second-order valence-electron chi connectivity index (χ2n) is 4.79. The Morgan fingerprint density at radius 3 is 2.55 bits per heavy atom. The van der Waals surface area contributed by atoms with Gasteiger partial charge in [-0.1, -0.05) is 13.8 Å². The standard InChI is InChI=1S/C12H18BrFN2O3S/c1-7(2)11(3-4-17)16-20(18,19)12-6-10(15)9(14)5-8(12)13/h5-7,11,16-17H,3-4,15H2,1-2H3. The summed E-state index contributed by atoms with van der Waals surface area (Å²) in [6.45, 7) is 3.56. The molecule has 8 heteroatoms. The van der Waals surface area contributed by atoms with Crippen LogP contribution < -0.4 is 10.5 Å². The molecule has 0 aromatic heterocycles. The minimum atomic E-state index is -3.85. The monoisotopic (exact) mass is 368 g/mol. The summed E-state index contributed by atoms with van der Waals surface area (Å²) >= 11 is 3.02.